The van der Waals surface area contributed by atoms with Crippen molar-refractivity contribution in [1.29, 1.82) is 0 Å². The number of halogens is 1. The first-order valence-electron chi connectivity index (χ1n) is 5.22. The molecule has 1 atom stereocenters. The molecule has 1 rings (SSSR count). The molecule has 0 radical (unpaired) electrons. The smallest absolute Gasteiger partial charge is 0.0797 e. The molecule has 80 valence electrons. The Labute approximate surface area is 99.1 Å². The van der Waals surface area contributed by atoms with Crippen LogP contribution in [0.1, 0.15) is 36.8 Å². The first-order chi connectivity index (χ1) is 6.77. The predicted molar refractivity (Wildman–Crippen MR) is 67.4 cm³/mol. The van der Waals surface area contributed by atoms with Crippen LogP contribution < -0.4 is 0 Å². The number of alkyl halides is 1. The first kappa shape index (κ1) is 12.2. The molecule has 0 saturated heterocycles. The Bertz CT molecular complexity index is 260. The van der Waals surface area contributed by atoms with Crippen LogP contribution in [0.3, 0.4) is 0 Å². The Morgan fingerprint density at radius 2 is 2.29 bits per heavy atom. The number of aromatic nitrogens is 1. The lowest BCUT2D eigenvalue weighted by Crippen LogP contribution is -2.03. The SMILES string of the molecule is CCCC(CBr)CCc1scnc1C. The van der Waals surface area contributed by atoms with Gasteiger partial charge in [0, 0.05) is 10.2 Å². The summed E-state index contributed by atoms with van der Waals surface area (Å²) in [5.41, 5.74) is 3.17. The van der Waals surface area contributed by atoms with Gasteiger partial charge in [0.15, 0.2) is 0 Å². The summed E-state index contributed by atoms with van der Waals surface area (Å²) in [4.78, 5) is 5.74. The average Bonchev–Trinajstić information content (AvgIpc) is 2.59. The van der Waals surface area contributed by atoms with Gasteiger partial charge in [-0.05, 0) is 32.1 Å². The Morgan fingerprint density at radius 1 is 1.50 bits per heavy atom. The summed E-state index contributed by atoms with van der Waals surface area (Å²) in [6.07, 6.45) is 5.12. The fraction of sp³-hybridized carbons (Fsp3) is 0.727. The monoisotopic (exact) mass is 275 g/mol. The van der Waals surface area contributed by atoms with Gasteiger partial charge >= 0.3 is 0 Å². The molecule has 0 aromatic carbocycles. The van der Waals surface area contributed by atoms with Crippen LogP contribution in [-0.2, 0) is 6.42 Å². The van der Waals surface area contributed by atoms with Gasteiger partial charge in [0.2, 0.25) is 0 Å². The highest BCUT2D eigenvalue weighted by Crippen LogP contribution is 2.20. The molecule has 0 aliphatic rings. The Hall–Kier alpha value is 0.110. The third-order valence-electron chi connectivity index (χ3n) is 2.54. The molecule has 1 nitrogen and oxygen atoms in total. The van der Waals surface area contributed by atoms with Crippen molar-refractivity contribution in [1.82, 2.24) is 4.98 Å². The normalized spacial score (nSPS) is 13.1. The molecule has 1 unspecified atom stereocenters. The minimum Gasteiger partial charge on any atom is -0.250 e. The highest BCUT2D eigenvalue weighted by molar-refractivity contribution is 9.09. The van der Waals surface area contributed by atoms with E-state index in [-0.39, 0.29) is 0 Å². The molecule has 0 fully saturated rings. The Balaban J connectivity index is 2.35. The number of nitrogens with zero attached hydrogens (tertiary/aromatic N) is 1. The van der Waals surface area contributed by atoms with Crippen molar-refractivity contribution in [2.24, 2.45) is 5.92 Å². The lowest BCUT2D eigenvalue weighted by molar-refractivity contribution is 0.498. The van der Waals surface area contributed by atoms with Gasteiger partial charge in [0.1, 0.15) is 0 Å². The summed E-state index contributed by atoms with van der Waals surface area (Å²) in [5.74, 6) is 0.835. The fourth-order valence-electron chi connectivity index (χ4n) is 1.61. The largest absolute Gasteiger partial charge is 0.250 e. The molecule has 0 amide bonds. The van der Waals surface area contributed by atoms with Gasteiger partial charge in [-0.15, -0.1) is 11.3 Å². The molecular formula is C11H18BrNS. The third kappa shape index (κ3) is 3.70. The lowest BCUT2D eigenvalue weighted by atomic mass is 9.99. The van der Waals surface area contributed by atoms with Gasteiger partial charge in [-0.1, -0.05) is 29.3 Å². The van der Waals surface area contributed by atoms with E-state index in [0.717, 1.165) is 11.2 Å². The van der Waals surface area contributed by atoms with E-state index in [1.165, 1.54) is 36.3 Å². The van der Waals surface area contributed by atoms with Crippen LogP contribution in [0, 0.1) is 12.8 Å². The summed E-state index contributed by atoms with van der Waals surface area (Å²) in [7, 11) is 0. The molecule has 0 bridgehead atoms. The highest BCUT2D eigenvalue weighted by atomic mass is 79.9. The molecular weight excluding hydrogens is 258 g/mol. The molecule has 0 aliphatic heterocycles. The van der Waals surface area contributed by atoms with Crippen molar-refractivity contribution in [3.63, 3.8) is 0 Å². The topological polar surface area (TPSA) is 12.9 Å². The fourth-order valence-corrected chi connectivity index (χ4v) is 3.05. The zero-order valence-electron chi connectivity index (χ0n) is 8.92. The van der Waals surface area contributed by atoms with Crippen LogP contribution >= 0.6 is 27.3 Å². The maximum atomic E-state index is 4.27. The number of rotatable bonds is 6. The summed E-state index contributed by atoms with van der Waals surface area (Å²) in [6, 6.07) is 0. The van der Waals surface area contributed by atoms with Crippen LogP contribution in [0.5, 0.6) is 0 Å². The number of hydrogen-bond donors (Lipinski definition) is 0. The van der Waals surface area contributed by atoms with Crippen molar-refractivity contribution in [2.45, 2.75) is 39.5 Å². The first-order valence-corrected chi connectivity index (χ1v) is 7.23. The molecule has 0 spiro atoms. The second-order valence-electron chi connectivity index (χ2n) is 3.71. The van der Waals surface area contributed by atoms with Crippen LogP contribution in [0.4, 0.5) is 0 Å². The van der Waals surface area contributed by atoms with Crippen LogP contribution in [0.25, 0.3) is 0 Å². The third-order valence-corrected chi connectivity index (χ3v) is 4.45. The summed E-state index contributed by atoms with van der Waals surface area (Å²) in [5, 5.41) is 1.14. The maximum Gasteiger partial charge on any atom is 0.0797 e. The van der Waals surface area contributed by atoms with E-state index < -0.39 is 0 Å². The lowest BCUT2D eigenvalue weighted by Gasteiger charge is -2.11. The second kappa shape index (κ2) is 6.57. The highest BCUT2D eigenvalue weighted by Gasteiger charge is 2.08. The van der Waals surface area contributed by atoms with Crippen molar-refractivity contribution in [2.75, 3.05) is 5.33 Å². The number of hydrogen-bond acceptors (Lipinski definition) is 2. The zero-order chi connectivity index (χ0) is 10.4. The standard InChI is InChI=1S/C11H18BrNS/c1-3-4-10(7-12)5-6-11-9(2)13-8-14-11/h8,10H,3-7H2,1-2H3. The molecule has 0 N–H and O–H groups in total. The van der Waals surface area contributed by atoms with E-state index in [0.29, 0.717) is 0 Å². The molecule has 1 aromatic heterocycles. The Kier molecular flexibility index (Phi) is 5.71. The molecule has 1 heterocycles. The number of aryl methyl sites for hydroxylation is 2. The minimum atomic E-state index is 0.835. The van der Waals surface area contributed by atoms with E-state index in [2.05, 4.69) is 34.8 Å². The van der Waals surface area contributed by atoms with E-state index in [9.17, 15) is 0 Å². The predicted octanol–water partition coefficient (Wildman–Crippen LogP) is 4.20. The summed E-state index contributed by atoms with van der Waals surface area (Å²) < 4.78 is 0. The van der Waals surface area contributed by atoms with Crippen molar-refractivity contribution < 1.29 is 0 Å². The van der Waals surface area contributed by atoms with Crippen LogP contribution in [-0.4, -0.2) is 10.3 Å². The van der Waals surface area contributed by atoms with E-state index in [4.69, 9.17) is 0 Å². The molecule has 14 heavy (non-hydrogen) atoms. The van der Waals surface area contributed by atoms with Gasteiger partial charge < -0.3 is 0 Å². The Morgan fingerprint density at radius 3 is 2.79 bits per heavy atom. The maximum absolute atomic E-state index is 4.27. The van der Waals surface area contributed by atoms with Gasteiger partial charge in [-0.3, -0.25) is 0 Å². The van der Waals surface area contributed by atoms with Gasteiger partial charge in [0.25, 0.3) is 0 Å². The van der Waals surface area contributed by atoms with E-state index in [1.807, 2.05) is 5.51 Å². The number of thiazole rings is 1. The van der Waals surface area contributed by atoms with Crippen molar-refractivity contribution >= 4 is 27.3 Å². The van der Waals surface area contributed by atoms with E-state index in [1.54, 1.807) is 11.3 Å². The zero-order valence-corrected chi connectivity index (χ0v) is 11.3. The molecule has 0 saturated carbocycles. The molecule has 3 heteroatoms. The van der Waals surface area contributed by atoms with Crippen molar-refractivity contribution in [3.05, 3.63) is 16.1 Å². The van der Waals surface area contributed by atoms with Crippen LogP contribution in [0.15, 0.2) is 5.51 Å². The quantitative estimate of drug-likeness (QED) is 0.710. The average molecular weight is 276 g/mol. The summed E-state index contributed by atoms with van der Waals surface area (Å²) in [6.45, 7) is 4.36. The molecule has 0 aliphatic carbocycles. The minimum absolute atomic E-state index is 0.835. The molecule has 1 aromatic rings. The second-order valence-corrected chi connectivity index (χ2v) is 5.30. The van der Waals surface area contributed by atoms with Gasteiger partial charge in [-0.2, -0.15) is 0 Å². The van der Waals surface area contributed by atoms with Gasteiger partial charge in [-0.25, -0.2) is 4.98 Å². The van der Waals surface area contributed by atoms with Crippen molar-refractivity contribution in [3.8, 4) is 0 Å². The van der Waals surface area contributed by atoms with E-state index >= 15 is 0 Å². The van der Waals surface area contributed by atoms with Crippen LogP contribution in [0.2, 0.25) is 0 Å². The summed E-state index contributed by atoms with van der Waals surface area (Å²) >= 11 is 5.38. The van der Waals surface area contributed by atoms with Gasteiger partial charge in [0.05, 0.1) is 11.2 Å².